The van der Waals surface area contributed by atoms with Crippen LogP contribution >= 0.6 is 0 Å². The van der Waals surface area contributed by atoms with Crippen molar-refractivity contribution >= 4 is 11.7 Å². The van der Waals surface area contributed by atoms with E-state index in [1.54, 1.807) is 34.0 Å². The summed E-state index contributed by atoms with van der Waals surface area (Å²) in [5.74, 6) is -0.490. The second-order valence-electron chi connectivity index (χ2n) is 4.11. The predicted molar refractivity (Wildman–Crippen MR) is 52.8 cm³/mol. The van der Waals surface area contributed by atoms with Gasteiger partial charge in [-0.3, -0.25) is 4.68 Å². The number of nitrogen functional groups attached to an aromatic ring is 1. The lowest BCUT2D eigenvalue weighted by molar-refractivity contribution is 0.00633. The Balaban J connectivity index is 2.85. The highest BCUT2D eigenvalue weighted by Gasteiger charge is 2.21. The van der Waals surface area contributed by atoms with Crippen LogP contribution in [0.1, 0.15) is 31.3 Å². The number of nitrogens with zero attached hydrogens (tertiary/aromatic N) is 2. The molecule has 0 fully saturated rings. The second kappa shape index (κ2) is 3.32. The summed E-state index contributed by atoms with van der Waals surface area (Å²) in [4.78, 5) is 11.5. The molecule has 0 atom stereocenters. The molecule has 0 bridgehead atoms. The van der Waals surface area contributed by atoms with Gasteiger partial charge in [-0.05, 0) is 20.8 Å². The summed E-state index contributed by atoms with van der Waals surface area (Å²) in [7, 11) is 1.70. The van der Waals surface area contributed by atoms with Gasteiger partial charge in [0.15, 0.2) is 5.69 Å². The van der Waals surface area contributed by atoms with E-state index in [9.17, 15) is 4.79 Å². The summed E-state index contributed by atoms with van der Waals surface area (Å²) in [6.07, 6.45) is 1.57. The van der Waals surface area contributed by atoms with Crippen LogP contribution in [-0.4, -0.2) is 21.4 Å². The first-order chi connectivity index (χ1) is 6.29. The van der Waals surface area contributed by atoms with Gasteiger partial charge >= 0.3 is 5.97 Å². The Morgan fingerprint density at radius 1 is 1.57 bits per heavy atom. The van der Waals surface area contributed by atoms with Gasteiger partial charge in [0.05, 0.1) is 5.69 Å². The van der Waals surface area contributed by atoms with Crippen LogP contribution in [0.4, 0.5) is 5.69 Å². The number of esters is 1. The molecular formula is C9H15N3O2. The van der Waals surface area contributed by atoms with Crippen molar-refractivity contribution in [3.8, 4) is 0 Å². The van der Waals surface area contributed by atoms with Crippen molar-refractivity contribution in [3.05, 3.63) is 11.9 Å². The van der Waals surface area contributed by atoms with E-state index in [1.807, 2.05) is 0 Å². The lowest BCUT2D eigenvalue weighted by Crippen LogP contribution is -2.24. The van der Waals surface area contributed by atoms with Gasteiger partial charge in [-0.15, -0.1) is 0 Å². The number of anilines is 1. The predicted octanol–water partition coefficient (Wildman–Crippen LogP) is 0.958. The molecule has 0 aromatic carbocycles. The van der Waals surface area contributed by atoms with Crippen molar-refractivity contribution in [2.24, 2.45) is 7.05 Å². The third-order valence-electron chi connectivity index (χ3n) is 1.45. The van der Waals surface area contributed by atoms with Crippen LogP contribution in [0.25, 0.3) is 0 Å². The van der Waals surface area contributed by atoms with Gasteiger partial charge in [0, 0.05) is 13.2 Å². The summed E-state index contributed by atoms with van der Waals surface area (Å²) < 4.78 is 6.60. The monoisotopic (exact) mass is 197 g/mol. The molecular weight excluding hydrogens is 182 g/mol. The highest BCUT2D eigenvalue weighted by Crippen LogP contribution is 2.14. The molecule has 5 heteroatoms. The van der Waals surface area contributed by atoms with Gasteiger partial charge in [0.2, 0.25) is 0 Å². The number of aryl methyl sites for hydroxylation is 1. The van der Waals surface area contributed by atoms with Crippen molar-refractivity contribution in [2.45, 2.75) is 26.4 Å². The molecule has 0 saturated heterocycles. The maximum atomic E-state index is 11.5. The molecule has 0 aliphatic rings. The molecule has 78 valence electrons. The molecule has 2 N–H and O–H groups in total. The number of rotatable bonds is 1. The number of ether oxygens (including phenoxy) is 1. The van der Waals surface area contributed by atoms with Crippen molar-refractivity contribution in [2.75, 3.05) is 5.73 Å². The number of hydrogen-bond donors (Lipinski definition) is 1. The smallest absolute Gasteiger partial charge is 0.361 e. The molecule has 0 unspecified atom stereocenters. The molecule has 5 nitrogen and oxygen atoms in total. The summed E-state index contributed by atoms with van der Waals surface area (Å²) in [6.45, 7) is 5.39. The first kappa shape index (κ1) is 10.6. The highest BCUT2D eigenvalue weighted by molar-refractivity contribution is 5.92. The standard InChI is InChI=1S/C9H15N3O2/c1-9(2,3)14-8(13)7-6(10)5-12(4)11-7/h5H,10H2,1-4H3. The Kier molecular flexibility index (Phi) is 2.51. The fourth-order valence-electron chi connectivity index (χ4n) is 0.992. The number of carbonyl (C=O) groups excluding carboxylic acids is 1. The Bertz CT molecular complexity index is 349. The second-order valence-corrected chi connectivity index (χ2v) is 4.11. The Hall–Kier alpha value is -1.52. The first-order valence-electron chi connectivity index (χ1n) is 4.32. The molecule has 0 amide bonds. The van der Waals surface area contributed by atoms with Gasteiger partial charge in [-0.25, -0.2) is 4.79 Å². The van der Waals surface area contributed by atoms with Crippen LogP contribution in [0.15, 0.2) is 6.20 Å². The third-order valence-corrected chi connectivity index (χ3v) is 1.45. The minimum Gasteiger partial charge on any atom is -0.455 e. The first-order valence-corrected chi connectivity index (χ1v) is 4.32. The number of aromatic nitrogens is 2. The Morgan fingerprint density at radius 3 is 2.50 bits per heavy atom. The minimum atomic E-state index is -0.527. The fourth-order valence-corrected chi connectivity index (χ4v) is 0.992. The van der Waals surface area contributed by atoms with Crippen molar-refractivity contribution < 1.29 is 9.53 Å². The van der Waals surface area contributed by atoms with Gasteiger partial charge in [0.1, 0.15) is 5.60 Å². The maximum absolute atomic E-state index is 11.5. The summed E-state index contributed by atoms with van der Waals surface area (Å²) in [5.41, 5.74) is 5.55. The summed E-state index contributed by atoms with van der Waals surface area (Å²) in [6, 6.07) is 0. The quantitative estimate of drug-likeness (QED) is 0.681. The zero-order chi connectivity index (χ0) is 10.9. The van der Waals surface area contributed by atoms with Gasteiger partial charge in [-0.2, -0.15) is 5.10 Å². The molecule has 0 aliphatic heterocycles. The van der Waals surface area contributed by atoms with Crippen LogP contribution in [-0.2, 0) is 11.8 Å². The molecule has 0 aliphatic carbocycles. The highest BCUT2D eigenvalue weighted by atomic mass is 16.6. The average molecular weight is 197 g/mol. The largest absolute Gasteiger partial charge is 0.455 e. The average Bonchev–Trinajstić information content (AvgIpc) is 2.26. The van der Waals surface area contributed by atoms with Crippen LogP contribution in [0.5, 0.6) is 0 Å². The van der Waals surface area contributed by atoms with Gasteiger partial charge in [-0.1, -0.05) is 0 Å². The Labute approximate surface area is 82.8 Å². The number of carbonyl (C=O) groups is 1. The van der Waals surface area contributed by atoms with Crippen LogP contribution < -0.4 is 5.73 Å². The van der Waals surface area contributed by atoms with Crippen LogP contribution in [0, 0.1) is 0 Å². The summed E-state index contributed by atoms with van der Waals surface area (Å²) >= 11 is 0. The van der Waals surface area contributed by atoms with E-state index in [4.69, 9.17) is 10.5 Å². The number of nitrogens with two attached hydrogens (primary N) is 1. The summed E-state index contributed by atoms with van der Waals surface area (Å²) in [5, 5.41) is 3.91. The fraction of sp³-hybridized carbons (Fsp3) is 0.556. The molecule has 0 radical (unpaired) electrons. The molecule has 1 aromatic rings. The van der Waals surface area contributed by atoms with E-state index in [0.29, 0.717) is 5.69 Å². The van der Waals surface area contributed by atoms with Crippen LogP contribution in [0.3, 0.4) is 0 Å². The van der Waals surface area contributed by atoms with E-state index in [2.05, 4.69) is 5.10 Å². The maximum Gasteiger partial charge on any atom is 0.361 e. The zero-order valence-electron chi connectivity index (χ0n) is 8.87. The van der Waals surface area contributed by atoms with Gasteiger partial charge < -0.3 is 10.5 Å². The minimum absolute atomic E-state index is 0.169. The SMILES string of the molecule is Cn1cc(N)c(C(=O)OC(C)(C)C)n1. The van der Waals surface area contributed by atoms with Crippen LogP contribution in [0.2, 0.25) is 0 Å². The van der Waals surface area contributed by atoms with Crippen molar-refractivity contribution in [3.63, 3.8) is 0 Å². The number of hydrogen-bond acceptors (Lipinski definition) is 4. The Morgan fingerprint density at radius 2 is 2.14 bits per heavy atom. The third kappa shape index (κ3) is 2.48. The van der Waals surface area contributed by atoms with Crippen molar-refractivity contribution in [1.82, 2.24) is 9.78 Å². The molecule has 1 rings (SSSR count). The van der Waals surface area contributed by atoms with Gasteiger partial charge in [0.25, 0.3) is 0 Å². The molecule has 0 spiro atoms. The normalized spacial score (nSPS) is 11.4. The van der Waals surface area contributed by atoms with E-state index in [1.165, 1.54) is 4.68 Å². The molecule has 1 heterocycles. The van der Waals surface area contributed by atoms with E-state index < -0.39 is 11.6 Å². The zero-order valence-corrected chi connectivity index (χ0v) is 8.87. The lowest BCUT2D eigenvalue weighted by atomic mass is 10.2. The van der Waals surface area contributed by atoms with Crippen molar-refractivity contribution in [1.29, 1.82) is 0 Å². The lowest BCUT2D eigenvalue weighted by Gasteiger charge is -2.18. The topological polar surface area (TPSA) is 70.1 Å². The van der Waals surface area contributed by atoms with E-state index in [0.717, 1.165) is 0 Å². The molecule has 1 aromatic heterocycles. The molecule has 0 saturated carbocycles. The van der Waals surface area contributed by atoms with E-state index in [-0.39, 0.29) is 5.69 Å². The molecule has 14 heavy (non-hydrogen) atoms. The van der Waals surface area contributed by atoms with E-state index >= 15 is 0 Å².